The summed E-state index contributed by atoms with van der Waals surface area (Å²) in [5.41, 5.74) is 7.47. The minimum absolute atomic E-state index is 0.210. The molecule has 0 amide bonds. The molecule has 0 atom stereocenters. The van der Waals surface area contributed by atoms with Gasteiger partial charge in [0.1, 0.15) is 5.75 Å². The molecule has 1 saturated heterocycles. The predicted molar refractivity (Wildman–Crippen MR) is 61.8 cm³/mol. The first-order chi connectivity index (χ1) is 7.27. The molecule has 0 bridgehead atoms. The monoisotopic (exact) mass is 206 g/mol. The number of hydrogen-bond donors (Lipinski definition) is 3. The highest BCUT2D eigenvalue weighted by atomic mass is 16.3. The summed E-state index contributed by atoms with van der Waals surface area (Å²) in [6, 6.07) is 5.51. The van der Waals surface area contributed by atoms with Crippen molar-refractivity contribution in [1.82, 2.24) is 5.32 Å². The Bertz CT molecular complexity index is 332. The van der Waals surface area contributed by atoms with Gasteiger partial charge in [-0.15, -0.1) is 0 Å². The molecule has 15 heavy (non-hydrogen) atoms. The van der Waals surface area contributed by atoms with Crippen LogP contribution in [0.1, 0.15) is 18.4 Å². The van der Waals surface area contributed by atoms with E-state index in [-0.39, 0.29) is 5.75 Å². The van der Waals surface area contributed by atoms with Crippen LogP contribution in [0.2, 0.25) is 0 Å². The fourth-order valence-corrected chi connectivity index (χ4v) is 2.17. The Labute approximate surface area is 90.3 Å². The van der Waals surface area contributed by atoms with E-state index >= 15 is 0 Å². The summed E-state index contributed by atoms with van der Waals surface area (Å²) in [5.74, 6) is 0.914. The molecule has 0 aliphatic carbocycles. The molecule has 82 valence electrons. The number of nitrogen functional groups attached to an aromatic ring is 1. The quantitative estimate of drug-likeness (QED) is 0.508. The summed E-state index contributed by atoms with van der Waals surface area (Å²) >= 11 is 0. The second kappa shape index (κ2) is 4.53. The van der Waals surface area contributed by atoms with E-state index in [9.17, 15) is 5.11 Å². The lowest BCUT2D eigenvalue weighted by atomic mass is 9.90. The van der Waals surface area contributed by atoms with Gasteiger partial charge in [-0.2, -0.15) is 0 Å². The average Bonchev–Trinajstić information content (AvgIpc) is 2.26. The summed E-state index contributed by atoms with van der Waals surface area (Å²) in [4.78, 5) is 0. The fourth-order valence-electron chi connectivity index (χ4n) is 2.17. The highest BCUT2D eigenvalue weighted by Gasteiger charge is 2.15. The van der Waals surface area contributed by atoms with Crippen LogP contribution in [0.5, 0.6) is 5.75 Å². The maximum absolute atomic E-state index is 9.49. The van der Waals surface area contributed by atoms with E-state index in [1.807, 2.05) is 12.1 Å². The Morgan fingerprint density at radius 3 is 2.80 bits per heavy atom. The van der Waals surface area contributed by atoms with Crippen molar-refractivity contribution in [1.29, 1.82) is 0 Å². The molecule has 2 rings (SSSR count). The van der Waals surface area contributed by atoms with Gasteiger partial charge in [0.05, 0.1) is 5.69 Å². The van der Waals surface area contributed by atoms with E-state index < -0.39 is 0 Å². The van der Waals surface area contributed by atoms with Crippen molar-refractivity contribution in [2.75, 3.05) is 18.8 Å². The first kappa shape index (κ1) is 10.3. The van der Waals surface area contributed by atoms with Crippen LogP contribution >= 0.6 is 0 Å². The molecular weight excluding hydrogens is 188 g/mol. The van der Waals surface area contributed by atoms with E-state index in [1.165, 1.54) is 12.8 Å². The number of piperidine rings is 1. The highest BCUT2D eigenvalue weighted by Crippen LogP contribution is 2.27. The molecular formula is C12H18N2O. The number of aromatic hydroxyl groups is 1. The third-order valence-electron chi connectivity index (χ3n) is 3.14. The number of nitrogens with one attached hydrogen (secondary N) is 1. The van der Waals surface area contributed by atoms with Crippen LogP contribution in [0.15, 0.2) is 18.2 Å². The van der Waals surface area contributed by atoms with Gasteiger partial charge in [0.2, 0.25) is 0 Å². The van der Waals surface area contributed by atoms with Gasteiger partial charge in [-0.3, -0.25) is 0 Å². The Balaban J connectivity index is 2.06. The Hall–Kier alpha value is -1.22. The topological polar surface area (TPSA) is 58.3 Å². The first-order valence-corrected chi connectivity index (χ1v) is 5.54. The largest absolute Gasteiger partial charge is 0.506 e. The van der Waals surface area contributed by atoms with Crippen LogP contribution < -0.4 is 11.1 Å². The van der Waals surface area contributed by atoms with Crippen molar-refractivity contribution in [3.05, 3.63) is 23.8 Å². The molecule has 1 aromatic rings. The summed E-state index contributed by atoms with van der Waals surface area (Å²) in [6.07, 6.45) is 3.39. The number of anilines is 1. The summed E-state index contributed by atoms with van der Waals surface area (Å²) in [6.45, 7) is 2.20. The number of phenols is 1. The van der Waals surface area contributed by atoms with Gasteiger partial charge >= 0.3 is 0 Å². The molecule has 1 aliphatic rings. The Morgan fingerprint density at radius 2 is 2.07 bits per heavy atom. The second-order valence-electron chi connectivity index (χ2n) is 4.25. The zero-order valence-electron chi connectivity index (χ0n) is 8.87. The van der Waals surface area contributed by atoms with Crippen molar-refractivity contribution in [3.63, 3.8) is 0 Å². The van der Waals surface area contributed by atoms with Gasteiger partial charge < -0.3 is 16.2 Å². The molecule has 3 nitrogen and oxygen atoms in total. The molecule has 0 saturated carbocycles. The first-order valence-electron chi connectivity index (χ1n) is 5.54. The minimum atomic E-state index is 0.210. The minimum Gasteiger partial charge on any atom is -0.506 e. The zero-order valence-corrected chi connectivity index (χ0v) is 8.87. The van der Waals surface area contributed by atoms with E-state index in [0.29, 0.717) is 11.6 Å². The van der Waals surface area contributed by atoms with Crippen LogP contribution in [0.4, 0.5) is 5.69 Å². The number of hydrogen-bond acceptors (Lipinski definition) is 3. The maximum Gasteiger partial charge on any atom is 0.138 e. The van der Waals surface area contributed by atoms with Crippen LogP contribution in [0, 0.1) is 5.92 Å². The second-order valence-corrected chi connectivity index (χ2v) is 4.25. The summed E-state index contributed by atoms with van der Waals surface area (Å²) in [7, 11) is 0. The normalized spacial score (nSPS) is 17.9. The number of rotatable bonds is 2. The number of benzene rings is 1. The van der Waals surface area contributed by atoms with Crippen LogP contribution in [0.3, 0.4) is 0 Å². The molecule has 0 unspecified atom stereocenters. The lowest BCUT2D eigenvalue weighted by Crippen LogP contribution is -2.28. The van der Waals surface area contributed by atoms with Crippen molar-refractivity contribution < 1.29 is 5.11 Å². The van der Waals surface area contributed by atoms with Crippen LogP contribution in [-0.4, -0.2) is 18.2 Å². The maximum atomic E-state index is 9.49. The van der Waals surface area contributed by atoms with E-state index in [2.05, 4.69) is 5.32 Å². The summed E-state index contributed by atoms with van der Waals surface area (Å²) in [5, 5.41) is 12.8. The standard InChI is InChI=1S/C12H18N2O/c13-12-10(2-1-3-11(12)15)8-9-4-6-14-7-5-9/h1-3,9,14-15H,4-8,13H2. The van der Waals surface area contributed by atoms with Gasteiger partial charge in [0.15, 0.2) is 0 Å². The summed E-state index contributed by atoms with van der Waals surface area (Å²) < 4.78 is 0. The molecule has 4 N–H and O–H groups in total. The van der Waals surface area contributed by atoms with Crippen molar-refractivity contribution in [2.24, 2.45) is 5.92 Å². The fraction of sp³-hybridized carbons (Fsp3) is 0.500. The molecule has 1 aliphatic heterocycles. The van der Waals surface area contributed by atoms with Crippen molar-refractivity contribution >= 4 is 5.69 Å². The zero-order chi connectivity index (χ0) is 10.7. The molecule has 0 aromatic heterocycles. The van der Waals surface area contributed by atoms with Gasteiger partial charge in [-0.05, 0) is 49.9 Å². The van der Waals surface area contributed by atoms with Crippen molar-refractivity contribution in [3.8, 4) is 5.75 Å². The third kappa shape index (κ3) is 2.42. The predicted octanol–water partition coefficient (Wildman–Crippen LogP) is 1.52. The van der Waals surface area contributed by atoms with E-state index in [1.54, 1.807) is 6.07 Å². The number of nitrogens with two attached hydrogens (primary N) is 1. The van der Waals surface area contributed by atoms with Crippen LogP contribution in [-0.2, 0) is 6.42 Å². The van der Waals surface area contributed by atoms with E-state index in [0.717, 1.165) is 25.1 Å². The number of phenolic OH excluding ortho intramolecular Hbond substituents is 1. The van der Waals surface area contributed by atoms with Gasteiger partial charge in [-0.1, -0.05) is 12.1 Å². The molecule has 1 heterocycles. The average molecular weight is 206 g/mol. The molecule has 0 radical (unpaired) electrons. The molecule has 1 fully saturated rings. The van der Waals surface area contributed by atoms with Gasteiger partial charge in [0.25, 0.3) is 0 Å². The highest BCUT2D eigenvalue weighted by molar-refractivity contribution is 5.57. The number of para-hydroxylation sites is 1. The molecule has 3 heteroatoms. The third-order valence-corrected chi connectivity index (χ3v) is 3.14. The Kier molecular flexibility index (Phi) is 3.11. The molecule has 0 spiro atoms. The Morgan fingerprint density at radius 1 is 1.33 bits per heavy atom. The smallest absolute Gasteiger partial charge is 0.138 e. The van der Waals surface area contributed by atoms with Gasteiger partial charge in [0, 0.05) is 0 Å². The van der Waals surface area contributed by atoms with Gasteiger partial charge in [-0.25, -0.2) is 0 Å². The van der Waals surface area contributed by atoms with Crippen molar-refractivity contribution in [2.45, 2.75) is 19.3 Å². The molecule has 1 aromatic carbocycles. The lowest BCUT2D eigenvalue weighted by molar-refractivity contribution is 0.372. The van der Waals surface area contributed by atoms with E-state index in [4.69, 9.17) is 5.73 Å². The van der Waals surface area contributed by atoms with Crippen LogP contribution in [0.25, 0.3) is 0 Å². The SMILES string of the molecule is Nc1c(O)cccc1CC1CCNCC1. The lowest BCUT2D eigenvalue weighted by Gasteiger charge is -2.23.